The number of nitrogens with two attached hydrogens (primary N) is 1. The molecule has 0 radical (unpaired) electrons. The first-order chi connectivity index (χ1) is 8.95. The lowest BCUT2D eigenvalue weighted by molar-refractivity contribution is -0.387. The zero-order valence-electron chi connectivity index (χ0n) is 9.97. The number of benzene rings is 1. The molecule has 0 bridgehead atoms. The highest BCUT2D eigenvalue weighted by Gasteiger charge is 2.30. The van der Waals surface area contributed by atoms with Gasteiger partial charge in [0.25, 0.3) is 0 Å². The highest BCUT2D eigenvalue weighted by molar-refractivity contribution is 5.60. The highest BCUT2D eigenvalue weighted by Crippen LogP contribution is 2.34. The summed E-state index contributed by atoms with van der Waals surface area (Å²) in [6.07, 6.45) is 0.614. The maximum atomic E-state index is 14.0. The molecular formula is C11H13F2N3O3. The molecule has 1 saturated heterocycles. The smallest absolute Gasteiger partial charge is 0.308 e. The van der Waals surface area contributed by atoms with Gasteiger partial charge in [-0.3, -0.25) is 10.1 Å². The Kier molecular flexibility index (Phi) is 3.63. The van der Waals surface area contributed by atoms with Crippen molar-refractivity contribution in [2.24, 2.45) is 5.73 Å². The molecule has 0 amide bonds. The van der Waals surface area contributed by atoms with Gasteiger partial charge in [-0.2, -0.15) is 4.39 Å². The van der Waals surface area contributed by atoms with E-state index in [2.05, 4.69) is 0 Å². The predicted molar refractivity (Wildman–Crippen MR) is 63.7 cm³/mol. The van der Waals surface area contributed by atoms with Gasteiger partial charge in [0.15, 0.2) is 5.82 Å². The molecular weight excluding hydrogens is 260 g/mol. The molecule has 2 rings (SSSR count). The van der Waals surface area contributed by atoms with Crippen LogP contribution >= 0.6 is 0 Å². The molecule has 1 atom stereocenters. The van der Waals surface area contributed by atoms with Gasteiger partial charge in [-0.05, 0) is 6.42 Å². The average Bonchev–Trinajstić information content (AvgIpc) is 2.77. The van der Waals surface area contributed by atoms with E-state index in [0.717, 1.165) is 0 Å². The Balaban J connectivity index is 2.55. The van der Waals surface area contributed by atoms with Crippen LogP contribution in [0.4, 0.5) is 20.2 Å². The van der Waals surface area contributed by atoms with Crippen LogP contribution in [-0.4, -0.2) is 29.2 Å². The number of nitro groups is 1. The molecule has 1 aromatic rings. The van der Waals surface area contributed by atoms with Crippen molar-refractivity contribution in [1.29, 1.82) is 0 Å². The first kappa shape index (κ1) is 13.6. The lowest BCUT2D eigenvalue weighted by atomic mass is 10.1. The lowest BCUT2D eigenvalue weighted by Gasteiger charge is -2.22. The van der Waals surface area contributed by atoms with E-state index in [-0.39, 0.29) is 11.7 Å². The quantitative estimate of drug-likeness (QED) is 0.630. The summed E-state index contributed by atoms with van der Waals surface area (Å²) in [5.74, 6) is -2.13. The van der Waals surface area contributed by atoms with E-state index in [1.807, 2.05) is 0 Å². The number of nitrogens with zero attached hydrogens (tertiary/aromatic N) is 2. The van der Waals surface area contributed by atoms with E-state index in [4.69, 9.17) is 10.8 Å². The standard InChI is InChI=1S/C11H13F2N3O3/c12-8-3-9(16(18)19)10(13)7(5-17)11(8)15-2-1-6(14)4-15/h3,6,17H,1-2,4-5,14H2. The van der Waals surface area contributed by atoms with Crippen LogP contribution < -0.4 is 10.6 Å². The molecule has 0 aliphatic carbocycles. The monoisotopic (exact) mass is 273 g/mol. The van der Waals surface area contributed by atoms with E-state index >= 15 is 0 Å². The van der Waals surface area contributed by atoms with Crippen LogP contribution in [0.15, 0.2) is 6.07 Å². The van der Waals surface area contributed by atoms with Gasteiger partial charge in [0.1, 0.15) is 0 Å². The van der Waals surface area contributed by atoms with Gasteiger partial charge in [-0.1, -0.05) is 0 Å². The number of halogens is 2. The molecule has 1 unspecified atom stereocenters. The predicted octanol–water partition coefficient (Wildman–Crippen LogP) is 0.903. The van der Waals surface area contributed by atoms with Gasteiger partial charge in [0.05, 0.1) is 23.3 Å². The third-order valence-electron chi connectivity index (χ3n) is 3.16. The number of aliphatic hydroxyl groups is 1. The maximum Gasteiger partial charge on any atom is 0.308 e. The number of hydrogen-bond donors (Lipinski definition) is 2. The van der Waals surface area contributed by atoms with Crippen LogP contribution in [0, 0.1) is 21.7 Å². The lowest BCUT2D eigenvalue weighted by Crippen LogP contribution is -2.28. The topological polar surface area (TPSA) is 92.6 Å². The Bertz CT molecular complexity index is 524. The summed E-state index contributed by atoms with van der Waals surface area (Å²) < 4.78 is 27.8. The second-order valence-corrected chi connectivity index (χ2v) is 4.43. The van der Waals surface area contributed by atoms with Crippen molar-refractivity contribution in [2.75, 3.05) is 18.0 Å². The fourth-order valence-electron chi connectivity index (χ4n) is 2.26. The van der Waals surface area contributed by atoms with Gasteiger partial charge in [-0.15, -0.1) is 0 Å². The molecule has 0 spiro atoms. The van der Waals surface area contributed by atoms with Crippen molar-refractivity contribution in [3.8, 4) is 0 Å². The van der Waals surface area contributed by atoms with Crippen LogP contribution in [0.2, 0.25) is 0 Å². The molecule has 19 heavy (non-hydrogen) atoms. The Hall–Kier alpha value is -1.80. The van der Waals surface area contributed by atoms with E-state index in [1.165, 1.54) is 4.90 Å². The van der Waals surface area contributed by atoms with Crippen molar-refractivity contribution in [3.05, 3.63) is 33.4 Å². The number of aliphatic hydroxyl groups excluding tert-OH is 1. The first-order valence-electron chi connectivity index (χ1n) is 5.72. The van der Waals surface area contributed by atoms with Crippen LogP contribution in [-0.2, 0) is 6.61 Å². The van der Waals surface area contributed by atoms with Crippen LogP contribution in [0.3, 0.4) is 0 Å². The molecule has 8 heteroatoms. The second kappa shape index (κ2) is 5.06. The summed E-state index contributed by atoms with van der Waals surface area (Å²) in [4.78, 5) is 11.1. The molecule has 104 valence electrons. The Morgan fingerprint density at radius 2 is 2.26 bits per heavy atom. The van der Waals surface area contributed by atoms with Gasteiger partial charge in [-0.25, -0.2) is 4.39 Å². The third kappa shape index (κ3) is 2.36. The second-order valence-electron chi connectivity index (χ2n) is 4.43. The first-order valence-corrected chi connectivity index (χ1v) is 5.72. The molecule has 3 N–H and O–H groups in total. The molecule has 6 nitrogen and oxygen atoms in total. The minimum atomic E-state index is -1.20. The van der Waals surface area contributed by atoms with E-state index < -0.39 is 34.4 Å². The van der Waals surface area contributed by atoms with Crippen LogP contribution in [0.5, 0.6) is 0 Å². The summed E-state index contributed by atoms with van der Waals surface area (Å²) in [6.45, 7) is -0.0744. The largest absolute Gasteiger partial charge is 0.391 e. The number of hydrogen-bond acceptors (Lipinski definition) is 5. The minimum absolute atomic E-state index is 0.140. The maximum absolute atomic E-state index is 14.0. The van der Waals surface area contributed by atoms with Gasteiger partial charge < -0.3 is 15.7 Å². The Labute approximate surface area is 107 Å². The number of rotatable bonds is 3. The Morgan fingerprint density at radius 1 is 1.58 bits per heavy atom. The minimum Gasteiger partial charge on any atom is -0.391 e. The van der Waals surface area contributed by atoms with Crippen molar-refractivity contribution in [1.82, 2.24) is 0 Å². The Morgan fingerprint density at radius 3 is 2.74 bits per heavy atom. The van der Waals surface area contributed by atoms with Crippen molar-refractivity contribution >= 4 is 11.4 Å². The average molecular weight is 273 g/mol. The SMILES string of the molecule is NC1CCN(c2c(F)cc([N+](=O)[O-])c(F)c2CO)C1. The third-order valence-corrected chi connectivity index (χ3v) is 3.16. The zero-order chi connectivity index (χ0) is 14.2. The van der Waals surface area contributed by atoms with Crippen molar-refractivity contribution < 1.29 is 18.8 Å². The molecule has 1 fully saturated rings. The van der Waals surface area contributed by atoms with Gasteiger partial charge in [0.2, 0.25) is 5.82 Å². The highest BCUT2D eigenvalue weighted by atomic mass is 19.1. The molecule has 0 aromatic heterocycles. The van der Waals surface area contributed by atoms with Gasteiger partial charge >= 0.3 is 5.69 Å². The molecule has 0 saturated carbocycles. The fraction of sp³-hybridized carbons (Fsp3) is 0.455. The van der Waals surface area contributed by atoms with Crippen LogP contribution in [0.25, 0.3) is 0 Å². The van der Waals surface area contributed by atoms with Crippen molar-refractivity contribution in [2.45, 2.75) is 19.1 Å². The number of nitro benzene ring substituents is 1. The summed E-state index contributed by atoms with van der Waals surface area (Å²) in [5, 5.41) is 19.8. The summed E-state index contributed by atoms with van der Waals surface area (Å²) in [6, 6.07) is 0.373. The number of anilines is 1. The molecule has 1 aliphatic rings. The van der Waals surface area contributed by atoms with E-state index in [0.29, 0.717) is 25.6 Å². The summed E-state index contributed by atoms with van der Waals surface area (Å²) in [7, 11) is 0. The fourth-order valence-corrected chi connectivity index (χ4v) is 2.26. The normalized spacial score (nSPS) is 18.9. The van der Waals surface area contributed by atoms with Crippen molar-refractivity contribution in [3.63, 3.8) is 0 Å². The summed E-state index contributed by atoms with van der Waals surface area (Å²) >= 11 is 0. The van der Waals surface area contributed by atoms with E-state index in [1.54, 1.807) is 0 Å². The zero-order valence-corrected chi connectivity index (χ0v) is 9.97. The van der Waals surface area contributed by atoms with Gasteiger partial charge in [0, 0.05) is 24.7 Å². The molecule has 1 heterocycles. The van der Waals surface area contributed by atoms with Crippen LogP contribution in [0.1, 0.15) is 12.0 Å². The molecule has 1 aliphatic heterocycles. The summed E-state index contributed by atoms with van der Waals surface area (Å²) in [5.41, 5.74) is 4.17. The van der Waals surface area contributed by atoms with E-state index in [9.17, 15) is 18.9 Å². The molecule has 1 aromatic carbocycles.